The lowest BCUT2D eigenvalue weighted by Crippen LogP contribution is -2.47. The molecule has 2 aromatic rings. The molecule has 0 saturated carbocycles. The van der Waals surface area contributed by atoms with E-state index in [1.54, 1.807) is 0 Å². The molecule has 1 amide bonds. The number of nitrogens with zero attached hydrogens (tertiary/aromatic N) is 4. The maximum Gasteiger partial charge on any atom is 0.227 e. The average Bonchev–Trinajstić information content (AvgIpc) is 3.21. The van der Waals surface area contributed by atoms with Crippen molar-refractivity contribution < 1.29 is 17.7 Å². The van der Waals surface area contributed by atoms with Crippen molar-refractivity contribution in [2.45, 2.75) is 39.0 Å². The third-order valence-corrected chi connectivity index (χ3v) is 7.72. The Bertz CT molecular complexity index is 1030. The summed E-state index contributed by atoms with van der Waals surface area (Å²) in [4.78, 5) is 19.6. The lowest BCUT2D eigenvalue weighted by Gasteiger charge is -2.37. The molecule has 0 aliphatic carbocycles. The summed E-state index contributed by atoms with van der Waals surface area (Å²) in [5.41, 5.74) is 2.07. The average molecular weight is 447 g/mol. The van der Waals surface area contributed by atoms with Crippen molar-refractivity contribution in [3.63, 3.8) is 0 Å². The summed E-state index contributed by atoms with van der Waals surface area (Å²) in [5.74, 6) is 1.57. The van der Waals surface area contributed by atoms with Crippen LogP contribution in [0, 0.1) is 18.8 Å². The number of likely N-dealkylation sites (tertiary alicyclic amines) is 1. The standard InChI is InChI=1S/C22H30N4O4S/c1-16-6-3-4-8-19(16)21-23-20(30-24-21)14-17-7-5-11-25(15-17)22(27)18-9-12-26(13-10-18)31(2,28)29/h3-4,6,8,17-18H,5,7,9-15H2,1-2H3. The molecule has 0 radical (unpaired) electrons. The summed E-state index contributed by atoms with van der Waals surface area (Å²) in [6.07, 6.45) is 5.06. The van der Waals surface area contributed by atoms with Gasteiger partial charge in [-0.25, -0.2) is 12.7 Å². The van der Waals surface area contributed by atoms with Crippen LogP contribution in [0.5, 0.6) is 0 Å². The van der Waals surface area contributed by atoms with E-state index < -0.39 is 10.0 Å². The van der Waals surface area contributed by atoms with Crippen molar-refractivity contribution in [1.29, 1.82) is 0 Å². The van der Waals surface area contributed by atoms with Crippen LogP contribution >= 0.6 is 0 Å². The van der Waals surface area contributed by atoms with E-state index in [1.807, 2.05) is 36.1 Å². The number of aromatic nitrogens is 2. The Morgan fingerprint density at radius 3 is 2.61 bits per heavy atom. The summed E-state index contributed by atoms with van der Waals surface area (Å²) in [5, 5.41) is 4.15. The number of hydrogen-bond donors (Lipinski definition) is 0. The van der Waals surface area contributed by atoms with Gasteiger partial charge in [0.2, 0.25) is 27.6 Å². The second-order valence-corrected chi connectivity index (χ2v) is 10.7. The Balaban J connectivity index is 1.34. The lowest BCUT2D eigenvalue weighted by atomic mass is 9.91. The molecule has 3 heterocycles. The van der Waals surface area contributed by atoms with E-state index in [1.165, 1.54) is 10.6 Å². The number of carbonyl (C=O) groups is 1. The zero-order chi connectivity index (χ0) is 22.0. The van der Waals surface area contributed by atoms with Crippen LogP contribution in [0.3, 0.4) is 0 Å². The van der Waals surface area contributed by atoms with Crippen LogP contribution in [0.15, 0.2) is 28.8 Å². The van der Waals surface area contributed by atoms with E-state index in [0.717, 1.165) is 30.5 Å². The van der Waals surface area contributed by atoms with Crippen LogP contribution in [-0.2, 0) is 21.2 Å². The molecule has 1 aromatic heterocycles. The molecule has 2 aliphatic rings. The predicted octanol–water partition coefficient (Wildman–Crippen LogP) is 2.50. The molecule has 0 bridgehead atoms. The van der Waals surface area contributed by atoms with Crippen LogP contribution < -0.4 is 0 Å². The van der Waals surface area contributed by atoms with Gasteiger partial charge >= 0.3 is 0 Å². The van der Waals surface area contributed by atoms with Gasteiger partial charge in [-0.05, 0) is 44.1 Å². The minimum absolute atomic E-state index is 0.0900. The summed E-state index contributed by atoms with van der Waals surface area (Å²) in [6, 6.07) is 7.96. The number of rotatable bonds is 5. The zero-order valence-electron chi connectivity index (χ0n) is 18.2. The molecule has 1 aromatic carbocycles. The fourth-order valence-electron chi connectivity index (χ4n) is 4.64. The second-order valence-electron chi connectivity index (χ2n) is 8.76. The van der Waals surface area contributed by atoms with Crippen molar-refractivity contribution in [2.75, 3.05) is 32.4 Å². The van der Waals surface area contributed by atoms with E-state index in [9.17, 15) is 13.2 Å². The topological polar surface area (TPSA) is 96.6 Å². The number of hydrogen-bond acceptors (Lipinski definition) is 6. The van der Waals surface area contributed by atoms with E-state index >= 15 is 0 Å². The Morgan fingerprint density at radius 2 is 1.90 bits per heavy atom. The third kappa shape index (κ3) is 5.15. The SMILES string of the molecule is Cc1ccccc1-c1noc(CC2CCCN(C(=O)C3CCN(S(C)(=O)=O)CC3)C2)n1. The fraction of sp³-hybridized carbons (Fsp3) is 0.591. The van der Waals surface area contributed by atoms with Gasteiger partial charge in [0.25, 0.3) is 0 Å². The first-order valence-corrected chi connectivity index (χ1v) is 12.8. The summed E-state index contributed by atoms with van der Waals surface area (Å²) >= 11 is 0. The Hall–Kier alpha value is -2.26. The molecule has 2 aliphatic heterocycles. The maximum atomic E-state index is 13.0. The third-order valence-electron chi connectivity index (χ3n) is 6.42. The molecule has 1 atom stereocenters. The molecule has 168 valence electrons. The Labute approximate surface area is 183 Å². The Kier molecular flexibility index (Phi) is 6.43. The van der Waals surface area contributed by atoms with Crippen LogP contribution in [0.25, 0.3) is 11.4 Å². The van der Waals surface area contributed by atoms with Crippen LogP contribution in [0.1, 0.15) is 37.1 Å². The Morgan fingerprint density at radius 1 is 1.16 bits per heavy atom. The molecule has 8 nitrogen and oxygen atoms in total. The summed E-state index contributed by atoms with van der Waals surface area (Å²) in [7, 11) is -3.18. The molecule has 0 N–H and O–H groups in total. The summed E-state index contributed by atoms with van der Waals surface area (Å²) in [6.45, 7) is 4.33. The molecule has 31 heavy (non-hydrogen) atoms. The molecular weight excluding hydrogens is 416 g/mol. The van der Waals surface area contributed by atoms with Crippen molar-refractivity contribution in [1.82, 2.24) is 19.3 Å². The van der Waals surface area contributed by atoms with Gasteiger partial charge < -0.3 is 9.42 Å². The van der Waals surface area contributed by atoms with Crippen LogP contribution in [0.4, 0.5) is 0 Å². The minimum atomic E-state index is -3.18. The van der Waals surface area contributed by atoms with Gasteiger partial charge in [0.05, 0.1) is 6.26 Å². The highest BCUT2D eigenvalue weighted by atomic mass is 32.2. The van der Waals surface area contributed by atoms with Crippen molar-refractivity contribution in [2.24, 2.45) is 11.8 Å². The molecule has 4 rings (SSSR count). The quantitative estimate of drug-likeness (QED) is 0.700. The van der Waals surface area contributed by atoms with Crippen molar-refractivity contribution >= 4 is 15.9 Å². The van der Waals surface area contributed by atoms with Gasteiger partial charge in [-0.15, -0.1) is 0 Å². The largest absolute Gasteiger partial charge is 0.342 e. The second kappa shape index (κ2) is 9.08. The van der Waals surface area contributed by atoms with Gasteiger partial charge in [-0.1, -0.05) is 29.4 Å². The number of amides is 1. The first-order valence-electron chi connectivity index (χ1n) is 10.9. The minimum Gasteiger partial charge on any atom is -0.342 e. The first-order chi connectivity index (χ1) is 14.8. The number of piperidine rings is 2. The zero-order valence-corrected chi connectivity index (χ0v) is 19.0. The number of aryl methyl sites for hydroxylation is 1. The normalized spacial score (nSPS) is 21.4. The lowest BCUT2D eigenvalue weighted by molar-refractivity contribution is -0.138. The van der Waals surface area contributed by atoms with E-state index in [4.69, 9.17) is 4.52 Å². The summed E-state index contributed by atoms with van der Waals surface area (Å²) < 4.78 is 30.4. The molecule has 9 heteroatoms. The number of carbonyl (C=O) groups excluding carboxylic acids is 1. The monoisotopic (exact) mass is 446 g/mol. The van der Waals surface area contributed by atoms with Crippen LogP contribution in [-0.4, -0.2) is 66.1 Å². The molecule has 2 fully saturated rings. The smallest absolute Gasteiger partial charge is 0.227 e. The van der Waals surface area contributed by atoms with E-state index in [2.05, 4.69) is 10.1 Å². The van der Waals surface area contributed by atoms with Gasteiger partial charge in [0.1, 0.15) is 0 Å². The molecule has 0 spiro atoms. The highest BCUT2D eigenvalue weighted by molar-refractivity contribution is 7.88. The van der Waals surface area contributed by atoms with Gasteiger partial charge in [-0.3, -0.25) is 4.79 Å². The first kappa shape index (κ1) is 22.0. The van der Waals surface area contributed by atoms with Gasteiger partial charge in [0.15, 0.2) is 0 Å². The van der Waals surface area contributed by atoms with Crippen molar-refractivity contribution in [3.8, 4) is 11.4 Å². The van der Waals surface area contributed by atoms with E-state index in [-0.39, 0.29) is 11.8 Å². The highest BCUT2D eigenvalue weighted by Gasteiger charge is 2.33. The predicted molar refractivity (Wildman–Crippen MR) is 117 cm³/mol. The van der Waals surface area contributed by atoms with Crippen molar-refractivity contribution in [3.05, 3.63) is 35.7 Å². The van der Waals surface area contributed by atoms with Crippen LogP contribution in [0.2, 0.25) is 0 Å². The fourth-order valence-corrected chi connectivity index (χ4v) is 5.52. The van der Waals surface area contributed by atoms with Gasteiger partial charge in [0, 0.05) is 44.1 Å². The number of sulfonamides is 1. The maximum absolute atomic E-state index is 13.0. The highest BCUT2D eigenvalue weighted by Crippen LogP contribution is 2.27. The number of benzene rings is 1. The molecular formula is C22H30N4O4S. The van der Waals surface area contributed by atoms with E-state index in [0.29, 0.717) is 56.5 Å². The molecule has 2 saturated heterocycles. The molecule has 1 unspecified atom stereocenters. The van der Waals surface area contributed by atoms with Gasteiger partial charge in [-0.2, -0.15) is 4.98 Å².